The highest BCUT2D eigenvalue weighted by atomic mass is 16.3. The van der Waals surface area contributed by atoms with Gasteiger partial charge in [-0.1, -0.05) is 60.7 Å². The molecule has 2 heteroatoms. The van der Waals surface area contributed by atoms with Crippen LogP contribution in [0.3, 0.4) is 0 Å². The highest BCUT2D eigenvalue weighted by Crippen LogP contribution is 2.32. The van der Waals surface area contributed by atoms with E-state index < -0.39 is 0 Å². The lowest BCUT2D eigenvalue weighted by Gasteiger charge is -2.25. The number of hydrogen-bond acceptors (Lipinski definition) is 2. The van der Waals surface area contributed by atoms with Crippen molar-refractivity contribution in [3.05, 3.63) is 71.8 Å². The molecule has 0 spiro atoms. The molecule has 2 aliphatic rings. The highest BCUT2D eigenvalue weighted by molar-refractivity contribution is 5.79. The zero-order valence-corrected chi connectivity index (χ0v) is 15.5. The molecule has 0 unspecified atom stereocenters. The fourth-order valence-electron chi connectivity index (χ4n) is 4.13. The predicted molar refractivity (Wildman–Crippen MR) is 106 cm³/mol. The van der Waals surface area contributed by atoms with Crippen molar-refractivity contribution in [1.29, 1.82) is 0 Å². The van der Waals surface area contributed by atoms with E-state index in [0.717, 1.165) is 51.4 Å². The molecule has 0 aliphatic heterocycles. The molecule has 2 aromatic rings. The van der Waals surface area contributed by atoms with Crippen LogP contribution in [0.2, 0.25) is 0 Å². The van der Waals surface area contributed by atoms with Crippen LogP contribution < -0.4 is 0 Å². The van der Waals surface area contributed by atoms with Gasteiger partial charge in [0, 0.05) is 12.8 Å². The fraction of sp³-hybridized carbons (Fsp3) is 0.458. The molecule has 2 aromatic carbocycles. The summed E-state index contributed by atoms with van der Waals surface area (Å²) in [6.07, 6.45) is 7.83. The van der Waals surface area contributed by atoms with Crippen LogP contribution in [0.1, 0.15) is 74.3 Å². The predicted octanol–water partition coefficient (Wildman–Crippen LogP) is 5.62. The molecule has 2 nitrogen and oxygen atoms in total. The first kappa shape index (κ1) is 18.8. The van der Waals surface area contributed by atoms with Gasteiger partial charge in [0.15, 0.2) is 0 Å². The summed E-state index contributed by atoms with van der Waals surface area (Å²) in [5.41, 5.74) is 2.84. The first-order valence-electron chi connectivity index (χ1n) is 10.0. The van der Waals surface area contributed by atoms with Gasteiger partial charge in [-0.05, 0) is 61.5 Å². The summed E-state index contributed by atoms with van der Waals surface area (Å²) in [5.74, 6) is 1.75. The number of carbonyl (C=O) groups is 1. The molecule has 0 radical (unpaired) electrons. The van der Waals surface area contributed by atoms with Gasteiger partial charge in [-0.3, -0.25) is 4.79 Å². The van der Waals surface area contributed by atoms with E-state index in [9.17, 15) is 9.90 Å². The van der Waals surface area contributed by atoms with Gasteiger partial charge in [0.25, 0.3) is 0 Å². The minimum atomic E-state index is -0.0417. The Labute approximate surface area is 157 Å². The van der Waals surface area contributed by atoms with Crippen LogP contribution >= 0.6 is 0 Å². The molecule has 26 heavy (non-hydrogen) atoms. The van der Waals surface area contributed by atoms with Gasteiger partial charge in [0.05, 0.1) is 6.10 Å². The summed E-state index contributed by atoms with van der Waals surface area (Å²) in [7, 11) is 0. The lowest BCUT2D eigenvalue weighted by molar-refractivity contribution is -0.120. The summed E-state index contributed by atoms with van der Waals surface area (Å²) < 4.78 is 0. The van der Waals surface area contributed by atoms with Crippen LogP contribution in [0.15, 0.2) is 60.7 Å². The summed E-state index contributed by atoms with van der Waals surface area (Å²) in [6, 6.07) is 21.2. The monoisotopic (exact) mass is 350 g/mol. The zero-order chi connectivity index (χ0) is 18.2. The molecule has 2 fully saturated rings. The Bertz CT molecular complexity index is 647. The Kier molecular flexibility index (Phi) is 7.02. The second-order valence-corrected chi connectivity index (χ2v) is 7.64. The Morgan fingerprint density at radius 2 is 1.04 bits per heavy atom. The minimum absolute atomic E-state index is 0.0417. The van der Waals surface area contributed by atoms with Crippen molar-refractivity contribution in [3.63, 3.8) is 0 Å². The molecule has 2 saturated carbocycles. The average Bonchev–Trinajstić information content (AvgIpc) is 2.71. The van der Waals surface area contributed by atoms with E-state index in [1.54, 1.807) is 0 Å². The third-order valence-corrected chi connectivity index (χ3v) is 5.78. The Morgan fingerprint density at radius 1 is 0.615 bits per heavy atom. The van der Waals surface area contributed by atoms with Gasteiger partial charge in [-0.2, -0.15) is 0 Å². The molecule has 0 atom stereocenters. The third kappa shape index (κ3) is 5.54. The average molecular weight is 351 g/mol. The van der Waals surface area contributed by atoms with E-state index in [1.165, 1.54) is 11.1 Å². The maximum Gasteiger partial charge on any atom is 0.132 e. The first-order chi connectivity index (χ1) is 12.7. The topological polar surface area (TPSA) is 37.3 Å². The van der Waals surface area contributed by atoms with Crippen molar-refractivity contribution in [3.8, 4) is 0 Å². The van der Waals surface area contributed by atoms with E-state index >= 15 is 0 Å². The lowest BCUT2D eigenvalue weighted by Crippen LogP contribution is -2.16. The molecular weight excluding hydrogens is 320 g/mol. The Balaban J connectivity index is 0.000000151. The van der Waals surface area contributed by atoms with Gasteiger partial charge in [0.2, 0.25) is 0 Å². The van der Waals surface area contributed by atoms with E-state index in [0.29, 0.717) is 17.6 Å². The van der Waals surface area contributed by atoms with E-state index in [2.05, 4.69) is 54.6 Å². The van der Waals surface area contributed by atoms with Crippen LogP contribution in [0, 0.1) is 0 Å². The zero-order valence-electron chi connectivity index (χ0n) is 15.5. The Hall–Kier alpha value is -1.93. The molecular formula is C24H30O2. The SMILES string of the molecule is O=C1CCC(c2ccccc2)CC1.OC1CCC(c2ccccc2)CC1. The molecule has 0 bridgehead atoms. The van der Waals surface area contributed by atoms with Gasteiger partial charge in [-0.25, -0.2) is 0 Å². The third-order valence-electron chi connectivity index (χ3n) is 5.78. The molecule has 1 N–H and O–H groups in total. The van der Waals surface area contributed by atoms with Gasteiger partial charge >= 0.3 is 0 Å². The number of hydrogen-bond donors (Lipinski definition) is 1. The van der Waals surface area contributed by atoms with Crippen LogP contribution in [0.5, 0.6) is 0 Å². The number of aliphatic hydroxyl groups excluding tert-OH is 1. The number of Topliss-reactive ketones (excluding diaryl/α,β-unsaturated/α-hetero) is 1. The van der Waals surface area contributed by atoms with Crippen molar-refractivity contribution >= 4 is 5.78 Å². The van der Waals surface area contributed by atoms with Crippen LogP contribution in [-0.2, 0) is 4.79 Å². The van der Waals surface area contributed by atoms with E-state index in [1.807, 2.05) is 6.07 Å². The van der Waals surface area contributed by atoms with Gasteiger partial charge in [-0.15, -0.1) is 0 Å². The Morgan fingerprint density at radius 3 is 1.50 bits per heavy atom. The van der Waals surface area contributed by atoms with Crippen molar-refractivity contribution in [2.45, 2.75) is 69.3 Å². The summed E-state index contributed by atoms with van der Waals surface area (Å²) in [5, 5.41) is 9.37. The van der Waals surface area contributed by atoms with Crippen LogP contribution in [-0.4, -0.2) is 17.0 Å². The summed E-state index contributed by atoms with van der Waals surface area (Å²) in [4.78, 5) is 11.0. The van der Waals surface area contributed by atoms with Crippen molar-refractivity contribution in [1.82, 2.24) is 0 Å². The molecule has 0 heterocycles. The fourth-order valence-corrected chi connectivity index (χ4v) is 4.13. The first-order valence-corrected chi connectivity index (χ1v) is 10.0. The van der Waals surface area contributed by atoms with Crippen LogP contribution in [0.25, 0.3) is 0 Å². The van der Waals surface area contributed by atoms with Crippen molar-refractivity contribution in [2.75, 3.05) is 0 Å². The number of aliphatic hydroxyl groups is 1. The summed E-state index contributed by atoms with van der Waals surface area (Å²) in [6.45, 7) is 0. The van der Waals surface area contributed by atoms with Gasteiger partial charge in [0.1, 0.15) is 5.78 Å². The molecule has 0 amide bonds. The second-order valence-electron chi connectivity index (χ2n) is 7.64. The largest absolute Gasteiger partial charge is 0.393 e. The normalized spacial score (nSPS) is 23.8. The molecule has 0 saturated heterocycles. The number of benzene rings is 2. The molecule has 4 rings (SSSR count). The van der Waals surface area contributed by atoms with Crippen molar-refractivity contribution in [2.24, 2.45) is 0 Å². The lowest BCUT2D eigenvalue weighted by atomic mass is 9.83. The van der Waals surface area contributed by atoms with E-state index in [4.69, 9.17) is 0 Å². The van der Waals surface area contributed by atoms with E-state index in [-0.39, 0.29) is 6.10 Å². The maximum atomic E-state index is 11.0. The minimum Gasteiger partial charge on any atom is -0.393 e. The quantitative estimate of drug-likeness (QED) is 0.763. The number of rotatable bonds is 2. The molecule has 2 aliphatic carbocycles. The number of carbonyl (C=O) groups excluding carboxylic acids is 1. The smallest absolute Gasteiger partial charge is 0.132 e. The van der Waals surface area contributed by atoms with Gasteiger partial charge < -0.3 is 5.11 Å². The van der Waals surface area contributed by atoms with Crippen molar-refractivity contribution < 1.29 is 9.90 Å². The highest BCUT2D eigenvalue weighted by Gasteiger charge is 2.20. The molecule has 0 aromatic heterocycles. The maximum absolute atomic E-state index is 11.0. The standard InChI is InChI=1S/C12H16O.C12H14O/c2*13-12-8-6-11(7-9-12)10-4-2-1-3-5-10/h1-5,11-13H,6-9H2;1-5,11H,6-9H2. The second kappa shape index (κ2) is 9.68. The summed E-state index contributed by atoms with van der Waals surface area (Å²) >= 11 is 0. The molecule has 138 valence electrons. The number of ketones is 1. The van der Waals surface area contributed by atoms with Crippen LogP contribution in [0.4, 0.5) is 0 Å².